The van der Waals surface area contributed by atoms with Gasteiger partial charge in [0.25, 0.3) is 0 Å². The lowest BCUT2D eigenvalue weighted by Crippen LogP contribution is -2.05. The van der Waals surface area contributed by atoms with Gasteiger partial charge in [0, 0.05) is 6.42 Å². The first-order valence-corrected chi connectivity index (χ1v) is 5.92. The monoisotopic (exact) mass is 320 g/mol. The lowest BCUT2D eigenvalue weighted by atomic mass is 10.3. The lowest BCUT2D eigenvalue weighted by molar-refractivity contribution is -0.141. The van der Waals surface area contributed by atoms with Crippen molar-refractivity contribution in [1.82, 2.24) is 0 Å². The van der Waals surface area contributed by atoms with E-state index in [0.717, 1.165) is 6.07 Å². The molecule has 0 spiro atoms. The highest BCUT2D eigenvalue weighted by molar-refractivity contribution is 9.10. The van der Waals surface area contributed by atoms with Gasteiger partial charge in [0.2, 0.25) is 0 Å². The Morgan fingerprint density at radius 2 is 2.28 bits per heavy atom. The maximum atomic E-state index is 13.1. The lowest BCUT2D eigenvalue weighted by Gasteiger charge is -2.04. The number of anilines is 1. The number of benzene rings is 1. The number of carbonyl (C=O) groups excluding carboxylic acids is 1. The van der Waals surface area contributed by atoms with Crippen LogP contribution in [0.25, 0.3) is 0 Å². The third-order valence-corrected chi connectivity index (χ3v) is 2.69. The maximum Gasteiger partial charge on any atom is 0.305 e. The van der Waals surface area contributed by atoms with Crippen LogP contribution < -0.4 is 5.43 Å². The summed E-state index contributed by atoms with van der Waals surface area (Å²) in [4.78, 5) is 10.8. The minimum atomic E-state index is -0.993. The van der Waals surface area contributed by atoms with Crippen LogP contribution in [0.3, 0.4) is 0 Å². The fourth-order valence-corrected chi connectivity index (χ4v) is 1.41. The van der Waals surface area contributed by atoms with E-state index in [4.69, 9.17) is 4.74 Å². The highest BCUT2D eigenvalue weighted by Crippen LogP contribution is 2.27. The van der Waals surface area contributed by atoms with Gasteiger partial charge in [-0.1, -0.05) is 6.92 Å². The Bertz CT molecular complexity index is 467. The Morgan fingerprint density at radius 1 is 1.56 bits per heavy atom. The zero-order chi connectivity index (χ0) is 13.5. The normalized spacial score (nSPS) is 10.7. The molecule has 1 N–H and O–H groups in total. The quantitative estimate of drug-likeness (QED) is 0.392. The zero-order valence-electron chi connectivity index (χ0n) is 9.54. The number of carbonyl (C=O) groups is 1. The highest BCUT2D eigenvalue weighted by atomic mass is 79.9. The maximum absolute atomic E-state index is 13.1. The van der Waals surface area contributed by atoms with Crippen LogP contribution in [0.4, 0.5) is 14.5 Å². The van der Waals surface area contributed by atoms with E-state index in [-0.39, 0.29) is 29.2 Å². The largest absolute Gasteiger partial charge is 0.460 e. The van der Waals surface area contributed by atoms with Crippen LogP contribution in [0.1, 0.15) is 13.3 Å². The first-order valence-electron chi connectivity index (χ1n) is 5.13. The van der Waals surface area contributed by atoms with Gasteiger partial charge in [-0.3, -0.25) is 10.2 Å². The van der Waals surface area contributed by atoms with Gasteiger partial charge >= 0.3 is 5.97 Å². The van der Waals surface area contributed by atoms with E-state index < -0.39 is 11.6 Å². The Hall–Kier alpha value is -1.50. The van der Waals surface area contributed by atoms with Crippen LogP contribution in [-0.2, 0) is 9.53 Å². The molecular formula is C11H11BrF2N2O2. The zero-order valence-corrected chi connectivity index (χ0v) is 11.1. The van der Waals surface area contributed by atoms with Crippen molar-refractivity contribution in [3.8, 4) is 0 Å². The number of esters is 1. The van der Waals surface area contributed by atoms with Crippen molar-refractivity contribution in [3.63, 3.8) is 0 Å². The minimum Gasteiger partial charge on any atom is -0.460 e. The molecule has 0 aliphatic rings. The SMILES string of the molecule is CCC(=O)OCC=NNc1ccc(F)c(F)c1Br. The first-order chi connectivity index (χ1) is 8.56. The minimum absolute atomic E-state index is 0.0149. The van der Waals surface area contributed by atoms with E-state index in [0.29, 0.717) is 0 Å². The van der Waals surface area contributed by atoms with Gasteiger partial charge in [-0.05, 0) is 28.1 Å². The fraction of sp³-hybridized carbons (Fsp3) is 0.273. The molecule has 4 nitrogen and oxygen atoms in total. The van der Waals surface area contributed by atoms with Crippen LogP contribution in [-0.4, -0.2) is 18.8 Å². The summed E-state index contributed by atoms with van der Waals surface area (Å²) in [5.41, 5.74) is 2.77. The summed E-state index contributed by atoms with van der Waals surface area (Å²) in [6.07, 6.45) is 1.59. The molecule has 18 heavy (non-hydrogen) atoms. The Labute approximate surface area is 111 Å². The third kappa shape index (κ3) is 4.06. The van der Waals surface area contributed by atoms with Crippen LogP contribution in [0.2, 0.25) is 0 Å². The molecule has 0 fully saturated rings. The van der Waals surface area contributed by atoms with E-state index in [9.17, 15) is 13.6 Å². The second kappa shape index (κ2) is 7.05. The molecule has 0 saturated heterocycles. The molecule has 0 aliphatic carbocycles. The van der Waals surface area contributed by atoms with Gasteiger partial charge in [-0.25, -0.2) is 8.78 Å². The first kappa shape index (κ1) is 14.6. The van der Waals surface area contributed by atoms with Gasteiger partial charge in [0.05, 0.1) is 16.4 Å². The molecule has 98 valence electrons. The Kier molecular flexibility index (Phi) is 5.70. The van der Waals surface area contributed by atoms with Crippen LogP contribution in [0.5, 0.6) is 0 Å². The summed E-state index contributed by atoms with van der Waals surface area (Å²) in [5.74, 6) is -2.28. The number of hydrogen-bond acceptors (Lipinski definition) is 4. The third-order valence-electron chi connectivity index (χ3n) is 1.92. The molecule has 0 atom stereocenters. The van der Waals surface area contributed by atoms with E-state index in [2.05, 4.69) is 26.5 Å². The van der Waals surface area contributed by atoms with Crippen LogP contribution >= 0.6 is 15.9 Å². The number of hydrogen-bond donors (Lipinski definition) is 1. The molecule has 0 heterocycles. The molecule has 0 radical (unpaired) electrons. The standard InChI is InChI=1S/C11H11BrF2N2O2/c1-2-9(17)18-6-5-15-16-8-4-3-7(13)11(14)10(8)12/h3-5,16H,2,6H2,1H3. The second-order valence-corrected chi connectivity index (χ2v) is 3.98. The summed E-state index contributed by atoms with van der Waals surface area (Å²) in [6, 6.07) is 2.31. The van der Waals surface area contributed by atoms with E-state index in [1.54, 1.807) is 6.92 Å². The molecule has 0 amide bonds. The van der Waals surface area contributed by atoms with Crippen molar-refractivity contribution in [2.24, 2.45) is 5.10 Å². The van der Waals surface area contributed by atoms with Crippen molar-refractivity contribution in [2.45, 2.75) is 13.3 Å². The highest BCUT2D eigenvalue weighted by Gasteiger charge is 2.10. The Morgan fingerprint density at radius 3 is 2.94 bits per heavy atom. The molecular weight excluding hydrogens is 310 g/mol. The fourth-order valence-electron chi connectivity index (χ4n) is 0.997. The van der Waals surface area contributed by atoms with Gasteiger partial charge in [-0.15, -0.1) is 0 Å². The van der Waals surface area contributed by atoms with Crippen molar-refractivity contribution in [3.05, 3.63) is 28.2 Å². The number of hydrazone groups is 1. The van der Waals surface area contributed by atoms with E-state index in [1.807, 2.05) is 0 Å². The van der Waals surface area contributed by atoms with E-state index in [1.165, 1.54) is 12.3 Å². The number of nitrogens with one attached hydrogen (secondary N) is 1. The average molecular weight is 321 g/mol. The second-order valence-electron chi connectivity index (χ2n) is 3.18. The van der Waals surface area contributed by atoms with E-state index >= 15 is 0 Å². The number of nitrogens with zero attached hydrogens (tertiary/aromatic N) is 1. The molecule has 0 aliphatic heterocycles. The molecule has 0 bridgehead atoms. The molecule has 0 saturated carbocycles. The summed E-state index contributed by atoms with van der Waals surface area (Å²) >= 11 is 2.90. The molecule has 0 unspecified atom stereocenters. The van der Waals surface area contributed by atoms with Gasteiger partial charge in [0.15, 0.2) is 11.6 Å². The van der Waals surface area contributed by atoms with Crippen molar-refractivity contribution < 1.29 is 18.3 Å². The predicted octanol–water partition coefficient (Wildman–Crippen LogP) is 3.08. The van der Waals surface area contributed by atoms with Crippen molar-refractivity contribution in [2.75, 3.05) is 12.0 Å². The van der Waals surface area contributed by atoms with Crippen LogP contribution in [0.15, 0.2) is 21.7 Å². The number of rotatable bonds is 5. The average Bonchev–Trinajstić information content (AvgIpc) is 2.37. The van der Waals surface area contributed by atoms with Gasteiger partial charge < -0.3 is 4.74 Å². The summed E-state index contributed by atoms with van der Waals surface area (Å²) < 4.78 is 30.6. The molecule has 1 aromatic rings. The number of ether oxygens (including phenoxy) is 1. The van der Waals surface area contributed by atoms with Crippen molar-refractivity contribution in [1.29, 1.82) is 0 Å². The smallest absolute Gasteiger partial charge is 0.305 e. The van der Waals surface area contributed by atoms with Crippen molar-refractivity contribution >= 4 is 33.8 Å². The summed E-state index contributed by atoms with van der Waals surface area (Å²) in [5, 5.41) is 3.71. The topological polar surface area (TPSA) is 50.7 Å². The Balaban J connectivity index is 2.51. The summed E-state index contributed by atoms with van der Waals surface area (Å²) in [7, 11) is 0. The number of halogens is 3. The van der Waals surface area contributed by atoms with Crippen LogP contribution in [0, 0.1) is 11.6 Å². The molecule has 1 aromatic carbocycles. The van der Waals surface area contributed by atoms with Gasteiger partial charge in [-0.2, -0.15) is 5.10 Å². The molecule has 7 heteroatoms. The molecule has 1 rings (SSSR count). The summed E-state index contributed by atoms with van der Waals surface area (Å²) in [6.45, 7) is 1.69. The molecule has 0 aromatic heterocycles. The van der Waals surface area contributed by atoms with Gasteiger partial charge in [0.1, 0.15) is 6.61 Å². The predicted molar refractivity (Wildman–Crippen MR) is 67.4 cm³/mol.